The highest BCUT2D eigenvalue weighted by molar-refractivity contribution is 6.24. The van der Waals surface area contributed by atoms with E-state index in [4.69, 9.17) is 15.0 Å². The van der Waals surface area contributed by atoms with Gasteiger partial charge in [0.1, 0.15) is 0 Å². The van der Waals surface area contributed by atoms with Crippen molar-refractivity contribution in [1.82, 2.24) is 28.7 Å². The van der Waals surface area contributed by atoms with E-state index in [1.165, 1.54) is 22.3 Å². The number of hydrogen-bond donors (Lipinski definition) is 0. The second kappa shape index (κ2) is 14.4. The number of benzene rings is 9. The van der Waals surface area contributed by atoms with Gasteiger partial charge in [-0.1, -0.05) is 170 Å². The highest BCUT2D eigenvalue weighted by atomic mass is 15.3. The van der Waals surface area contributed by atoms with Crippen LogP contribution in [0.4, 0.5) is 11.4 Å². The molecule has 0 radical (unpaired) electrons. The molecule has 0 aliphatic carbocycles. The molecule has 0 fully saturated rings. The summed E-state index contributed by atoms with van der Waals surface area (Å²) in [6.45, 7) is 0.883. The first-order valence-corrected chi connectivity index (χ1v) is 22.6. The van der Waals surface area contributed by atoms with Crippen LogP contribution in [-0.4, -0.2) is 35.2 Å². The summed E-state index contributed by atoms with van der Waals surface area (Å²) in [5, 5.41) is 6.92. The number of anilines is 2. The lowest BCUT2D eigenvalue weighted by atomic mass is 10.0. The summed E-state index contributed by atoms with van der Waals surface area (Å²) >= 11 is 0. The fourth-order valence-corrected chi connectivity index (χ4v) is 10.7. The van der Waals surface area contributed by atoms with Crippen molar-refractivity contribution in [2.24, 2.45) is 0 Å². The van der Waals surface area contributed by atoms with Crippen LogP contribution in [0.1, 0.15) is 5.56 Å². The molecular formula is C59H39N7. The van der Waals surface area contributed by atoms with E-state index in [1.54, 1.807) is 0 Å². The van der Waals surface area contributed by atoms with Crippen LogP contribution in [0, 0.1) is 0 Å². The molecule has 310 valence electrons. The van der Waals surface area contributed by atoms with E-state index in [0.29, 0.717) is 17.7 Å². The van der Waals surface area contributed by atoms with Crippen molar-refractivity contribution in [3.05, 3.63) is 218 Å². The van der Waals surface area contributed by atoms with Crippen LogP contribution in [-0.2, 0) is 6.42 Å². The quantitative estimate of drug-likeness (QED) is 0.167. The van der Waals surface area contributed by atoms with Crippen molar-refractivity contribution in [3.63, 3.8) is 0 Å². The van der Waals surface area contributed by atoms with Gasteiger partial charge in [0.15, 0.2) is 5.82 Å². The highest BCUT2D eigenvalue weighted by Gasteiger charge is 2.29. The largest absolute Gasteiger partial charge is 0.339 e. The fourth-order valence-electron chi connectivity index (χ4n) is 10.7. The van der Waals surface area contributed by atoms with Gasteiger partial charge in [-0.15, -0.1) is 0 Å². The van der Waals surface area contributed by atoms with E-state index in [0.717, 1.165) is 95.4 Å². The van der Waals surface area contributed by atoms with Gasteiger partial charge in [0, 0.05) is 55.8 Å². The summed E-state index contributed by atoms with van der Waals surface area (Å²) in [4.78, 5) is 19.2. The summed E-state index contributed by atoms with van der Waals surface area (Å²) < 4.78 is 6.98. The molecule has 0 N–H and O–H groups in total. The Morgan fingerprint density at radius 2 is 0.758 bits per heavy atom. The van der Waals surface area contributed by atoms with Crippen LogP contribution < -0.4 is 4.90 Å². The Hall–Kier alpha value is -8.81. The molecule has 0 atom stereocenters. The molecule has 5 heterocycles. The van der Waals surface area contributed by atoms with E-state index in [2.05, 4.69) is 231 Å². The third kappa shape index (κ3) is 5.40. The summed E-state index contributed by atoms with van der Waals surface area (Å²) in [5.74, 6) is 1.70. The lowest BCUT2D eigenvalue weighted by Gasteiger charge is -2.22. The van der Waals surface area contributed by atoms with E-state index in [9.17, 15) is 0 Å². The third-order valence-electron chi connectivity index (χ3n) is 13.6. The van der Waals surface area contributed by atoms with Gasteiger partial charge in [-0.3, -0.25) is 9.13 Å². The monoisotopic (exact) mass is 845 g/mol. The van der Waals surface area contributed by atoms with Crippen LogP contribution in [0.25, 0.3) is 106 Å². The number of para-hydroxylation sites is 5. The van der Waals surface area contributed by atoms with Gasteiger partial charge in [-0.05, 0) is 65.6 Å². The van der Waals surface area contributed by atoms with Crippen molar-refractivity contribution in [2.75, 3.05) is 11.4 Å². The average Bonchev–Trinajstić information content (AvgIpc) is 4.15. The Labute approximate surface area is 379 Å². The van der Waals surface area contributed by atoms with Crippen LogP contribution >= 0.6 is 0 Å². The fraction of sp³-hybridized carbons (Fsp3) is 0.0339. The molecule has 13 aromatic rings. The van der Waals surface area contributed by atoms with Crippen molar-refractivity contribution >= 4 is 76.8 Å². The van der Waals surface area contributed by atoms with Crippen LogP contribution in [0.2, 0.25) is 0 Å². The zero-order valence-corrected chi connectivity index (χ0v) is 35.8. The molecule has 14 rings (SSSR count). The topological polar surface area (TPSA) is 56.7 Å². The third-order valence-corrected chi connectivity index (χ3v) is 13.6. The molecule has 9 aromatic carbocycles. The molecule has 0 unspecified atom stereocenters. The lowest BCUT2D eigenvalue weighted by Crippen LogP contribution is -2.15. The summed E-state index contributed by atoms with van der Waals surface area (Å²) in [5.41, 5.74) is 14.4. The second-order valence-corrected chi connectivity index (χ2v) is 17.2. The molecule has 0 amide bonds. The zero-order valence-electron chi connectivity index (χ0n) is 35.8. The molecule has 0 saturated carbocycles. The number of nitrogens with zero attached hydrogens (tertiary/aromatic N) is 7. The van der Waals surface area contributed by atoms with E-state index in [1.807, 2.05) is 0 Å². The van der Waals surface area contributed by atoms with Crippen LogP contribution in [0.3, 0.4) is 0 Å². The number of hydrogen-bond acceptors (Lipinski definition) is 4. The minimum atomic E-state index is 0.545. The van der Waals surface area contributed by atoms with E-state index < -0.39 is 0 Å². The predicted octanol–water partition coefficient (Wildman–Crippen LogP) is 14.2. The summed E-state index contributed by atoms with van der Waals surface area (Å²) in [6.07, 6.45) is 0.940. The van der Waals surface area contributed by atoms with E-state index in [-0.39, 0.29) is 0 Å². The molecule has 0 saturated heterocycles. The summed E-state index contributed by atoms with van der Waals surface area (Å²) in [7, 11) is 0. The number of fused-ring (bicyclic) bond motifs is 12. The Bertz CT molecular complexity index is 4040. The van der Waals surface area contributed by atoms with Crippen LogP contribution in [0.15, 0.2) is 212 Å². The molecular weight excluding hydrogens is 807 g/mol. The van der Waals surface area contributed by atoms with Gasteiger partial charge in [0.25, 0.3) is 0 Å². The molecule has 0 spiro atoms. The minimum Gasteiger partial charge on any atom is -0.339 e. The van der Waals surface area contributed by atoms with Gasteiger partial charge in [-0.2, -0.15) is 15.0 Å². The smallest absolute Gasteiger partial charge is 0.240 e. The van der Waals surface area contributed by atoms with Gasteiger partial charge in [-0.25, -0.2) is 0 Å². The first-order chi connectivity index (χ1) is 32.8. The van der Waals surface area contributed by atoms with Gasteiger partial charge in [0.2, 0.25) is 11.9 Å². The first-order valence-electron chi connectivity index (χ1n) is 22.6. The second-order valence-electron chi connectivity index (χ2n) is 17.2. The molecule has 1 aliphatic rings. The maximum atomic E-state index is 5.67. The molecule has 7 nitrogen and oxygen atoms in total. The SMILES string of the molecule is c1ccc(-c2ccc(-c3nc(-n4c5ccccc5c5ccc6c(c54)N(c4ccccc4)CC6)nc(-n4c5ccccc5c5ccc6c7ccccc7n(-c7ccccc7)c6c54)n3)cc2)cc1. The van der Waals surface area contributed by atoms with Gasteiger partial charge in [0.05, 0.1) is 38.8 Å². The number of rotatable bonds is 6. The Balaban J connectivity index is 1.12. The normalized spacial score (nSPS) is 12.7. The molecule has 0 bridgehead atoms. The lowest BCUT2D eigenvalue weighted by molar-refractivity contribution is 0.892. The maximum absolute atomic E-state index is 5.67. The van der Waals surface area contributed by atoms with Crippen LogP contribution in [0.5, 0.6) is 0 Å². The van der Waals surface area contributed by atoms with Crippen molar-refractivity contribution in [2.45, 2.75) is 6.42 Å². The molecule has 1 aliphatic heterocycles. The average molecular weight is 846 g/mol. The van der Waals surface area contributed by atoms with Crippen molar-refractivity contribution in [3.8, 4) is 40.1 Å². The molecule has 4 aromatic heterocycles. The van der Waals surface area contributed by atoms with Gasteiger partial charge < -0.3 is 9.47 Å². The standard InChI is InChI=1S/C59H39N7/c1-4-16-38(17-5-1)39-28-30-41(31-29-39)57-60-58(65-51-26-14-11-23-45(51)47-33-32-40-36-37-63(53(40)54(47)65)42-18-6-2-7-19-42)62-59(61-57)66-52-27-15-12-24-46(52)49-35-34-48-44-22-10-13-25-50(44)64(55(48)56(49)66)43-20-8-3-9-21-43/h1-35H,36-37H2. The summed E-state index contributed by atoms with van der Waals surface area (Å²) in [6, 6.07) is 75.7. The highest BCUT2D eigenvalue weighted by Crippen LogP contribution is 2.46. The first kappa shape index (κ1) is 36.7. The Morgan fingerprint density at radius 1 is 0.318 bits per heavy atom. The Kier molecular flexibility index (Phi) is 7.97. The minimum absolute atomic E-state index is 0.545. The van der Waals surface area contributed by atoms with Crippen molar-refractivity contribution in [1.29, 1.82) is 0 Å². The molecule has 7 heteroatoms. The predicted molar refractivity (Wildman–Crippen MR) is 271 cm³/mol. The Morgan fingerprint density at radius 3 is 1.36 bits per heavy atom. The number of aromatic nitrogens is 6. The maximum Gasteiger partial charge on any atom is 0.240 e. The van der Waals surface area contributed by atoms with Crippen molar-refractivity contribution < 1.29 is 0 Å². The van der Waals surface area contributed by atoms with E-state index >= 15 is 0 Å². The van der Waals surface area contributed by atoms with Gasteiger partial charge >= 0.3 is 0 Å². The molecule has 66 heavy (non-hydrogen) atoms. The zero-order chi connectivity index (χ0) is 43.3.